The third-order valence-electron chi connectivity index (χ3n) is 4.08. The van der Waals surface area contributed by atoms with E-state index in [4.69, 9.17) is 11.6 Å². The predicted octanol–water partition coefficient (Wildman–Crippen LogP) is 5.48. The smallest absolute Gasteiger partial charge is 0.257 e. The summed E-state index contributed by atoms with van der Waals surface area (Å²) in [5, 5.41) is 3.04. The van der Waals surface area contributed by atoms with Crippen molar-refractivity contribution in [3.05, 3.63) is 57.3 Å². The van der Waals surface area contributed by atoms with Crippen LogP contribution in [-0.2, 0) is 0 Å². The van der Waals surface area contributed by atoms with Crippen LogP contribution in [0, 0.1) is 5.82 Å². The van der Waals surface area contributed by atoms with Crippen molar-refractivity contribution in [2.24, 2.45) is 0 Å². The summed E-state index contributed by atoms with van der Waals surface area (Å²) < 4.78 is 15.2. The van der Waals surface area contributed by atoms with Crippen molar-refractivity contribution in [2.45, 2.75) is 19.3 Å². The zero-order valence-corrected chi connectivity index (χ0v) is 15.3. The summed E-state index contributed by atoms with van der Waals surface area (Å²) in [5.74, 6) is -0.693. The van der Waals surface area contributed by atoms with Gasteiger partial charge in [0.1, 0.15) is 5.82 Å². The second-order valence-corrected chi connectivity index (χ2v) is 7.12. The lowest BCUT2D eigenvalue weighted by Gasteiger charge is -2.29. The first-order chi connectivity index (χ1) is 11.5. The first-order valence-electron chi connectivity index (χ1n) is 7.85. The van der Waals surface area contributed by atoms with Gasteiger partial charge in [0.15, 0.2) is 0 Å². The number of hydrogen-bond acceptors (Lipinski definition) is 2. The van der Waals surface area contributed by atoms with E-state index >= 15 is 0 Å². The molecule has 0 atom stereocenters. The van der Waals surface area contributed by atoms with Crippen LogP contribution in [0.4, 0.5) is 15.8 Å². The van der Waals surface area contributed by atoms with Gasteiger partial charge in [0, 0.05) is 23.2 Å². The van der Waals surface area contributed by atoms with Crippen molar-refractivity contribution in [2.75, 3.05) is 23.3 Å². The first kappa shape index (κ1) is 17.2. The van der Waals surface area contributed by atoms with E-state index in [0.717, 1.165) is 30.4 Å². The highest BCUT2D eigenvalue weighted by Gasteiger charge is 2.16. The molecular formula is C18H17BrClFN2O. The molecule has 1 amide bonds. The zero-order valence-electron chi connectivity index (χ0n) is 13.0. The Balaban J connectivity index is 1.77. The van der Waals surface area contributed by atoms with Crippen LogP contribution in [0.15, 0.2) is 40.9 Å². The fourth-order valence-electron chi connectivity index (χ4n) is 2.85. The standard InChI is InChI=1S/C18H17BrClFN2O/c19-12-4-6-15(20)14(10-12)18(24)22-13-5-7-17(16(21)11-13)23-8-2-1-3-9-23/h4-7,10-11H,1-3,8-9H2,(H,22,24). The molecule has 24 heavy (non-hydrogen) atoms. The quantitative estimate of drug-likeness (QED) is 0.725. The van der Waals surface area contributed by atoms with Gasteiger partial charge in [-0.3, -0.25) is 4.79 Å². The van der Waals surface area contributed by atoms with E-state index in [1.807, 2.05) is 0 Å². The summed E-state index contributed by atoms with van der Waals surface area (Å²) in [4.78, 5) is 14.4. The normalized spacial score (nSPS) is 14.5. The number of anilines is 2. The van der Waals surface area contributed by atoms with Crippen LogP contribution in [-0.4, -0.2) is 19.0 Å². The van der Waals surface area contributed by atoms with E-state index in [1.165, 1.54) is 12.5 Å². The molecule has 3 rings (SSSR count). The fraction of sp³-hybridized carbons (Fsp3) is 0.278. The topological polar surface area (TPSA) is 32.3 Å². The maximum absolute atomic E-state index is 14.4. The average Bonchev–Trinajstić information content (AvgIpc) is 2.58. The Bertz CT molecular complexity index is 763. The second kappa shape index (κ2) is 7.53. The van der Waals surface area contributed by atoms with Gasteiger partial charge < -0.3 is 10.2 Å². The summed E-state index contributed by atoms with van der Waals surface area (Å²) in [6.07, 6.45) is 3.36. The van der Waals surface area contributed by atoms with Crippen molar-refractivity contribution >= 4 is 44.8 Å². The van der Waals surface area contributed by atoms with Crippen LogP contribution in [0.5, 0.6) is 0 Å². The van der Waals surface area contributed by atoms with E-state index in [1.54, 1.807) is 30.3 Å². The third-order valence-corrected chi connectivity index (χ3v) is 4.90. The number of nitrogens with zero attached hydrogens (tertiary/aromatic N) is 1. The van der Waals surface area contributed by atoms with Crippen molar-refractivity contribution < 1.29 is 9.18 Å². The molecule has 0 radical (unpaired) electrons. The van der Waals surface area contributed by atoms with Crippen LogP contribution in [0.25, 0.3) is 0 Å². The largest absolute Gasteiger partial charge is 0.369 e. The summed E-state index contributed by atoms with van der Waals surface area (Å²) in [6.45, 7) is 1.74. The molecule has 6 heteroatoms. The minimum atomic E-state index is -0.369. The molecule has 2 aromatic carbocycles. The molecule has 126 valence electrons. The highest BCUT2D eigenvalue weighted by Crippen LogP contribution is 2.27. The van der Waals surface area contributed by atoms with Crippen molar-refractivity contribution in [1.29, 1.82) is 0 Å². The Kier molecular flexibility index (Phi) is 5.41. The Morgan fingerprint density at radius 3 is 2.58 bits per heavy atom. The van der Waals surface area contributed by atoms with E-state index in [2.05, 4.69) is 26.1 Å². The Morgan fingerprint density at radius 1 is 1.12 bits per heavy atom. The predicted molar refractivity (Wildman–Crippen MR) is 99.6 cm³/mol. The maximum atomic E-state index is 14.4. The molecule has 2 aromatic rings. The number of nitrogens with one attached hydrogen (secondary N) is 1. The van der Waals surface area contributed by atoms with Gasteiger partial charge in [0.25, 0.3) is 5.91 Å². The van der Waals surface area contributed by atoms with Gasteiger partial charge in [-0.25, -0.2) is 4.39 Å². The van der Waals surface area contributed by atoms with Gasteiger partial charge in [0.2, 0.25) is 0 Å². The fourth-order valence-corrected chi connectivity index (χ4v) is 3.41. The lowest BCUT2D eigenvalue weighted by atomic mass is 10.1. The Labute approximate surface area is 153 Å². The first-order valence-corrected chi connectivity index (χ1v) is 9.02. The molecule has 0 aromatic heterocycles. The minimum Gasteiger partial charge on any atom is -0.369 e. The summed E-state index contributed by atoms with van der Waals surface area (Å²) in [7, 11) is 0. The van der Waals surface area contributed by atoms with E-state index < -0.39 is 0 Å². The molecule has 1 aliphatic heterocycles. The number of benzene rings is 2. The second-order valence-electron chi connectivity index (χ2n) is 5.79. The highest BCUT2D eigenvalue weighted by molar-refractivity contribution is 9.10. The molecule has 0 bridgehead atoms. The molecule has 0 unspecified atom stereocenters. The van der Waals surface area contributed by atoms with Gasteiger partial charge in [0.05, 0.1) is 16.3 Å². The lowest BCUT2D eigenvalue weighted by Crippen LogP contribution is -2.30. The number of halogens is 3. The molecule has 1 N–H and O–H groups in total. The highest BCUT2D eigenvalue weighted by atomic mass is 79.9. The van der Waals surface area contributed by atoms with E-state index in [9.17, 15) is 9.18 Å². The van der Waals surface area contributed by atoms with Crippen LogP contribution < -0.4 is 10.2 Å². The minimum absolute atomic E-state index is 0.324. The average molecular weight is 412 g/mol. The van der Waals surface area contributed by atoms with Gasteiger partial charge >= 0.3 is 0 Å². The molecule has 1 aliphatic rings. The van der Waals surface area contributed by atoms with Gasteiger partial charge in [-0.15, -0.1) is 0 Å². The van der Waals surface area contributed by atoms with Crippen LogP contribution in [0.1, 0.15) is 29.6 Å². The van der Waals surface area contributed by atoms with Gasteiger partial charge in [-0.1, -0.05) is 27.5 Å². The molecule has 0 spiro atoms. The molecule has 0 saturated carbocycles. The lowest BCUT2D eigenvalue weighted by molar-refractivity contribution is 0.102. The monoisotopic (exact) mass is 410 g/mol. The van der Waals surface area contributed by atoms with Crippen LogP contribution in [0.2, 0.25) is 5.02 Å². The SMILES string of the molecule is O=C(Nc1ccc(N2CCCCC2)c(F)c1)c1cc(Br)ccc1Cl. The number of carbonyl (C=O) groups excluding carboxylic acids is 1. The van der Waals surface area contributed by atoms with E-state index in [-0.39, 0.29) is 11.7 Å². The molecular weight excluding hydrogens is 395 g/mol. The molecule has 0 aliphatic carbocycles. The summed E-state index contributed by atoms with van der Waals surface area (Å²) in [5.41, 5.74) is 1.34. The molecule has 3 nitrogen and oxygen atoms in total. The zero-order chi connectivity index (χ0) is 17.1. The summed E-state index contributed by atoms with van der Waals surface area (Å²) >= 11 is 9.36. The van der Waals surface area contributed by atoms with Gasteiger partial charge in [-0.05, 0) is 55.7 Å². The maximum Gasteiger partial charge on any atom is 0.257 e. The van der Waals surface area contributed by atoms with Gasteiger partial charge in [-0.2, -0.15) is 0 Å². The number of hydrogen-bond donors (Lipinski definition) is 1. The van der Waals surface area contributed by atoms with Crippen LogP contribution in [0.3, 0.4) is 0 Å². The summed E-state index contributed by atoms with van der Waals surface area (Å²) in [6, 6.07) is 9.83. The number of rotatable bonds is 3. The van der Waals surface area contributed by atoms with Crippen molar-refractivity contribution in [3.63, 3.8) is 0 Å². The number of piperidine rings is 1. The molecule has 1 heterocycles. The number of carbonyl (C=O) groups is 1. The molecule has 1 saturated heterocycles. The molecule has 1 fully saturated rings. The third kappa shape index (κ3) is 3.90. The Hall–Kier alpha value is -1.59. The van der Waals surface area contributed by atoms with Crippen LogP contribution >= 0.6 is 27.5 Å². The van der Waals surface area contributed by atoms with Crippen molar-refractivity contribution in [1.82, 2.24) is 0 Å². The number of amides is 1. The Morgan fingerprint density at radius 2 is 1.88 bits per heavy atom. The van der Waals surface area contributed by atoms with E-state index in [0.29, 0.717) is 22.0 Å². The van der Waals surface area contributed by atoms with Crippen molar-refractivity contribution in [3.8, 4) is 0 Å².